The summed E-state index contributed by atoms with van der Waals surface area (Å²) in [5, 5.41) is -0.679. The van der Waals surface area contributed by atoms with E-state index in [1.807, 2.05) is 32.0 Å². The lowest BCUT2D eigenvalue weighted by Crippen LogP contribution is -2.01. The van der Waals surface area contributed by atoms with Crippen LogP contribution in [0.2, 0.25) is 0 Å². The predicted octanol–water partition coefficient (Wildman–Crippen LogP) is 4.91. The number of hydrogen-bond acceptors (Lipinski definition) is 0. The molecule has 1 atom stereocenters. The van der Waals surface area contributed by atoms with Crippen molar-refractivity contribution in [2.45, 2.75) is 19.2 Å². The van der Waals surface area contributed by atoms with Gasteiger partial charge in [0, 0.05) is 5.56 Å². The van der Waals surface area contributed by atoms with Gasteiger partial charge in [0.15, 0.2) is 11.6 Å². The van der Waals surface area contributed by atoms with E-state index in [9.17, 15) is 8.78 Å². The number of aryl methyl sites for hydroxylation is 2. The van der Waals surface area contributed by atoms with Gasteiger partial charge in [-0.1, -0.05) is 35.9 Å². The van der Waals surface area contributed by atoms with E-state index in [2.05, 4.69) is 0 Å². The van der Waals surface area contributed by atoms with Crippen molar-refractivity contribution in [3.63, 3.8) is 0 Å². The molecule has 3 heteroatoms. The molecule has 0 spiro atoms. The van der Waals surface area contributed by atoms with Crippen molar-refractivity contribution >= 4 is 11.6 Å². The highest BCUT2D eigenvalue weighted by molar-refractivity contribution is 6.22. The van der Waals surface area contributed by atoms with E-state index in [1.165, 1.54) is 12.1 Å². The number of halogens is 3. The predicted molar refractivity (Wildman–Crippen MR) is 70.0 cm³/mol. The Morgan fingerprint density at radius 2 is 1.72 bits per heavy atom. The molecule has 0 N–H and O–H groups in total. The van der Waals surface area contributed by atoms with E-state index in [0.29, 0.717) is 0 Å². The van der Waals surface area contributed by atoms with Gasteiger partial charge in [0.1, 0.15) is 0 Å². The molecule has 0 fully saturated rings. The van der Waals surface area contributed by atoms with Crippen LogP contribution in [0.25, 0.3) is 0 Å². The zero-order valence-corrected chi connectivity index (χ0v) is 10.9. The fraction of sp³-hybridized carbons (Fsp3) is 0.200. The van der Waals surface area contributed by atoms with Crippen molar-refractivity contribution in [3.05, 3.63) is 70.3 Å². The monoisotopic (exact) mass is 266 g/mol. The van der Waals surface area contributed by atoms with Crippen LogP contribution >= 0.6 is 11.6 Å². The SMILES string of the molecule is Cc1ccc(C(Cl)c2cccc(F)c2F)c(C)c1. The number of alkyl halides is 1. The molecule has 2 rings (SSSR count). The molecule has 18 heavy (non-hydrogen) atoms. The van der Waals surface area contributed by atoms with Crippen LogP contribution in [-0.4, -0.2) is 0 Å². The normalized spacial score (nSPS) is 12.5. The zero-order chi connectivity index (χ0) is 13.3. The maximum Gasteiger partial charge on any atom is 0.163 e. The van der Waals surface area contributed by atoms with Gasteiger partial charge in [-0.05, 0) is 31.0 Å². The molecule has 94 valence electrons. The van der Waals surface area contributed by atoms with Crippen molar-refractivity contribution in [2.75, 3.05) is 0 Å². The summed E-state index contributed by atoms with van der Waals surface area (Å²) in [6.07, 6.45) is 0. The fourth-order valence-electron chi connectivity index (χ4n) is 1.99. The molecule has 0 amide bonds. The van der Waals surface area contributed by atoms with Gasteiger partial charge in [0.05, 0.1) is 5.38 Å². The van der Waals surface area contributed by atoms with Gasteiger partial charge in [0.25, 0.3) is 0 Å². The van der Waals surface area contributed by atoms with Gasteiger partial charge < -0.3 is 0 Å². The molecule has 0 saturated heterocycles. The zero-order valence-electron chi connectivity index (χ0n) is 10.2. The van der Waals surface area contributed by atoms with E-state index < -0.39 is 17.0 Å². The largest absolute Gasteiger partial charge is 0.204 e. The fourth-order valence-corrected chi connectivity index (χ4v) is 2.41. The minimum Gasteiger partial charge on any atom is -0.204 e. The van der Waals surface area contributed by atoms with Crippen LogP contribution in [0.1, 0.15) is 27.6 Å². The third kappa shape index (κ3) is 2.39. The second-order valence-corrected chi connectivity index (χ2v) is 4.80. The summed E-state index contributed by atoms with van der Waals surface area (Å²) in [5.41, 5.74) is 3.05. The van der Waals surface area contributed by atoms with Gasteiger partial charge in [-0.25, -0.2) is 8.78 Å². The quantitative estimate of drug-likeness (QED) is 0.678. The third-order valence-corrected chi connectivity index (χ3v) is 3.42. The highest BCUT2D eigenvalue weighted by Gasteiger charge is 2.19. The summed E-state index contributed by atoms with van der Waals surface area (Å²) in [6, 6.07) is 9.80. The molecule has 2 aromatic rings. The Hall–Kier alpha value is -1.41. The summed E-state index contributed by atoms with van der Waals surface area (Å²) in [7, 11) is 0. The average Bonchev–Trinajstić information content (AvgIpc) is 2.32. The highest BCUT2D eigenvalue weighted by Crippen LogP contribution is 2.33. The second kappa shape index (κ2) is 5.07. The van der Waals surface area contributed by atoms with Gasteiger partial charge in [-0.15, -0.1) is 11.6 Å². The summed E-state index contributed by atoms with van der Waals surface area (Å²) in [6.45, 7) is 3.89. The van der Waals surface area contributed by atoms with Crippen LogP contribution in [0, 0.1) is 25.5 Å². The molecule has 1 unspecified atom stereocenters. The Morgan fingerprint density at radius 3 is 2.39 bits per heavy atom. The molecule has 0 aliphatic rings. The van der Waals surface area contributed by atoms with Crippen LogP contribution in [0.3, 0.4) is 0 Å². The summed E-state index contributed by atoms with van der Waals surface area (Å²) in [4.78, 5) is 0. The first kappa shape index (κ1) is 13.0. The van der Waals surface area contributed by atoms with Gasteiger partial charge in [-0.3, -0.25) is 0 Å². The molecular weight excluding hydrogens is 254 g/mol. The van der Waals surface area contributed by atoms with Crippen LogP contribution in [0.15, 0.2) is 36.4 Å². The molecule has 0 aliphatic carbocycles. The number of rotatable bonds is 2. The van der Waals surface area contributed by atoms with E-state index >= 15 is 0 Å². The Morgan fingerprint density at radius 1 is 1.00 bits per heavy atom. The lowest BCUT2D eigenvalue weighted by Gasteiger charge is -2.14. The molecule has 0 aliphatic heterocycles. The van der Waals surface area contributed by atoms with E-state index in [4.69, 9.17) is 11.6 Å². The maximum atomic E-state index is 13.7. The van der Waals surface area contributed by atoms with Crippen molar-refractivity contribution in [1.29, 1.82) is 0 Å². The van der Waals surface area contributed by atoms with Crippen LogP contribution in [0.5, 0.6) is 0 Å². The van der Waals surface area contributed by atoms with Gasteiger partial charge >= 0.3 is 0 Å². The molecule has 0 heterocycles. The molecule has 0 saturated carbocycles. The van der Waals surface area contributed by atoms with E-state index in [-0.39, 0.29) is 5.56 Å². The molecule has 0 radical (unpaired) electrons. The first-order chi connectivity index (χ1) is 8.50. The van der Waals surface area contributed by atoms with Crippen molar-refractivity contribution < 1.29 is 8.78 Å². The van der Waals surface area contributed by atoms with Crippen molar-refractivity contribution in [1.82, 2.24) is 0 Å². The summed E-state index contributed by atoms with van der Waals surface area (Å²) in [5.74, 6) is -1.75. The lowest BCUT2D eigenvalue weighted by molar-refractivity contribution is 0.500. The minimum atomic E-state index is -0.877. The smallest absolute Gasteiger partial charge is 0.163 e. The Bertz CT molecular complexity index is 579. The molecular formula is C15H13ClF2. The van der Waals surface area contributed by atoms with Crippen molar-refractivity contribution in [2.24, 2.45) is 0 Å². The van der Waals surface area contributed by atoms with Gasteiger partial charge in [-0.2, -0.15) is 0 Å². The van der Waals surface area contributed by atoms with E-state index in [1.54, 1.807) is 0 Å². The van der Waals surface area contributed by atoms with E-state index in [0.717, 1.165) is 22.8 Å². The topological polar surface area (TPSA) is 0 Å². The van der Waals surface area contributed by atoms with Crippen molar-refractivity contribution in [3.8, 4) is 0 Å². The molecule has 0 nitrogen and oxygen atoms in total. The Balaban J connectivity index is 2.48. The molecule has 0 bridgehead atoms. The maximum absolute atomic E-state index is 13.7. The molecule has 0 aromatic heterocycles. The summed E-state index contributed by atoms with van der Waals surface area (Å²) < 4.78 is 26.9. The summed E-state index contributed by atoms with van der Waals surface area (Å²) >= 11 is 6.26. The number of benzene rings is 2. The average molecular weight is 267 g/mol. The minimum absolute atomic E-state index is 0.170. The van der Waals surface area contributed by atoms with Gasteiger partial charge in [0.2, 0.25) is 0 Å². The standard InChI is InChI=1S/C15H13ClF2/c1-9-6-7-11(10(2)8-9)14(16)12-4-3-5-13(17)15(12)18/h3-8,14H,1-2H3. The first-order valence-electron chi connectivity index (χ1n) is 5.66. The number of hydrogen-bond donors (Lipinski definition) is 0. The van der Waals surface area contributed by atoms with Crippen LogP contribution in [-0.2, 0) is 0 Å². The Labute approximate surface area is 110 Å². The Kier molecular flexibility index (Phi) is 3.67. The lowest BCUT2D eigenvalue weighted by atomic mass is 9.98. The second-order valence-electron chi connectivity index (χ2n) is 4.37. The molecule has 2 aromatic carbocycles. The third-order valence-electron chi connectivity index (χ3n) is 2.95. The first-order valence-corrected chi connectivity index (χ1v) is 6.09. The van der Waals surface area contributed by atoms with Crippen LogP contribution < -0.4 is 0 Å². The van der Waals surface area contributed by atoms with Crippen LogP contribution in [0.4, 0.5) is 8.78 Å². The highest BCUT2D eigenvalue weighted by atomic mass is 35.5.